The zero-order chi connectivity index (χ0) is 82.8. The van der Waals surface area contributed by atoms with E-state index in [0.29, 0.717) is 66.9 Å². The lowest BCUT2D eigenvalue weighted by Crippen LogP contribution is -2.60. The zero-order valence-electron chi connectivity index (χ0n) is 69.0. The Morgan fingerprint density at radius 1 is 0.303 bits per heavy atom. The standard InChI is InChI=1S/C25H28N2O3S.C24H26N2O3S.2C23H26N2O3S/c1-26-15-22(19-4-2-5-20(19)24(26)28)21-14-18(31(29,30)17-6-7-17)8-9-23(21)27-13-3-10-25(16-27)11-12-25;1-25-13-21(18-4-2-5-19(18)23(25)27)20-12-17(30(28,29)16-6-7-16)8-9-22(20)26-14-24(15-26)10-3-11-24;1-24-14-20(17-5-3-6-18(17)22(24)26)19-13-16(29(2,27)28)7-8-21(19)25-12-4-9-23(15-25)10-11-23;1-24-15-20(17-4-3-5-18(17)22(24)26)19-14-16(29(2,27)28)6-7-21(19)25-12-10-23(8-9-23)11-13-25/h2,4,8-9,14-15,17H,3,5-7,10-13,16H2,1H3;2,4,8-9,12-13,16H,3,5-7,10-11,14-15H2,1H3;3,5,7-8,13-14H,4,6,9-12,15H2,1-2H3;3-4,6-7,14-15H,5,8-13H2,1-2H3. The molecule has 6 saturated carbocycles. The Morgan fingerprint density at radius 3 is 0.882 bits per heavy atom. The minimum Gasteiger partial charge on any atom is -0.371 e. The molecule has 0 bridgehead atoms. The van der Waals surface area contributed by atoms with Gasteiger partial charge in [0.05, 0.1) is 30.1 Å². The first-order valence-electron chi connectivity index (χ1n) is 42.8. The van der Waals surface area contributed by atoms with Crippen LogP contribution >= 0.6 is 0 Å². The Labute approximate surface area is 698 Å². The van der Waals surface area contributed by atoms with Gasteiger partial charge in [0.1, 0.15) is 0 Å². The number of aryl methyl sites for hydroxylation is 4. The highest BCUT2D eigenvalue weighted by molar-refractivity contribution is 7.92. The van der Waals surface area contributed by atoms with Crippen molar-refractivity contribution in [1.82, 2.24) is 18.3 Å². The normalized spacial score (nSPS) is 20.6. The molecule has 0 N–H and O–H groups in total. The van der Waals surface area contributed by atoms with Crippen LogP contribution in [0.25, 0.3) is 68.8 Å². The van der Waals surface area contributed by atoms with E-state index in [1.165, 1.54) is 109 Å². The first kappa shape index (κ1) is 79.4. The predicted molar refractivity (Wildman–Crippen MR) is 474 cm³/mol. The molecule has 22 rings (SSSR count). The fraction of sp³-hybridized carbons (Fsp3) is 0.453. The number of anilines is 4. The van der Waals surface area contributed by atoms with Crippen LogP contribution in [0.5, 0.6) is 0 Å². The second-order valence-corrected chi connectivity index (χ2v) is 45.8. The molecule has 20 nitrogen and oxygen atoms in total. The molecule has 4 aliphatic heterocycles. The number of rotatable bonds is 14. The molecule has 14 aliphatic rings. The van der Waals surface area contributed by atoms with Gasteiger partial charge in [-0.25, -0.2) is 33.7 Å². The van der Waals surface area contributed by atoms with Gasteiger partial charge >= 0.3 is 0 Å². The molecule has 0 unspecified atom stereocenters. The molecule has 4 spiro atoms. The maximum absolute atomic E-state index is 13.1. The highest BCUT2D eigenvalue weighted by Crippen LogP contribution is 2.58. The van der Waals surface area contributed by atoms with Crippen molar-refractivity contribution in [3.63, 3.8) is 0 Å². The number of allylic oxidation sites excluding steroid dienone is 4. The average molecular weight is 1680 g/mol. The van der Waals surface area contributed by atoms with Crippen LogP contribution in [0, 0.1) is 21.7 Å². The molecule has 10 fully saturated rings. The van der Waals surface area contributed by atoms with E-state index < -0.39 is 39.3 Å². The lowest BCUT2D eigenvalue weighted by atomic mass is 9.63. The number of hydrogen-bond acceptors (Lipinski definition) is 16. The Hall–Kier alpha value is -9.36. The van der Waals surface area contributed by atoms with Crippen molar-refractivity contribution >= 4 is 86.4 Å². The Kier molecular flexibility index (Phi) is 19.5. The summed E-state index contributed by atoms with van der Waals surface area (Å²) < 4.78 is 108. The van der Waals surface area contributed by atoms with Gasteiger partial charge in [-0.05, 0) is 253 Å². The molecule has 24 heteroatoms. The van der Waals surface area contributed by atoms with Crippen molar-refractivity contribution < 1.29 is 33.7 Å². The van der Waals surface area contributed by atoms with Crippen LogP contribution in [0.4, 0.5) is 22.7 Å². The van der Waals surface area contributed by atoms with Crippen molar-refractivity contribution in [2.75, 3.05) is 84.5 Å². The molecule has 0 radical (unpaired) electrons. The van der Waals surface area contributed by atoms with Gasteiger partial charge in [-0.15, -0.1) is 0 Å². The van der Waals surface area contributed by atoms with Crippen molar-refractivity contribution in [3.05, 3.63) is 208 Å². The van der Waals surface area contributed by atoms with E-state index in [1.807, 2.05) is 110 Å². The lowest BCUT2D eigenvalue weighted by molar-refractivity contribution is 0.0905. The SMILES string of the molecule is Cn1cc(-c2cc(S(=O)(=O)C3CC3)ccc2N2CC3(CCC3)C2)c2c(c1=O)CC=C2.Cn1cc(-c2cc(S(=O)(=O)C3CC3)ccc2N2CCCC3(CC3)C2)c2c(c1=O)CC=C2.Cn1cc(-c2cc(S(C)(=O)=O)ccc2N2CCC3(CC2)CC3)c2c(c1=O)CC=C2.Cn1cc(-c2cc(S(C)(=O)=O)ccc2N2CCCC3(CC3)C2)c2c(c1=O)CC=C2. The van der Waals surface area contributed by atoms with Gasteiger partial charge in [-0.2, -0.15) is 0 Å². The summed E-state index contributed by atoms with van der Waals surface area (Å²) >= 11 is 0. The summed E-state index contributed by atoms with van der Waals surface area (Å²) in [5, 5.41) is -0.467. The Bertz CT molecular complexity index is 6500. The summed E-state index contributed by atoms with van der Waals surface area (Å²) in [6.45, 7) is 8.12. The summed E-state index contributed by atoms with van der Waals surface area (Å²) in [5.74, 6) is 0. The number of fused-ring (bicyclic) bond motifs is 4. The van der Waals surface area contributed by atoms with Gasteiger partial charge in [-0.3, -0.25) is 19.2 Å². The van der Waals surface area contributed by atoms with E-state index >= 15 is 0 Å². The number of piperidine rings is 3. The van der Waals surface area contributed by atoms with Crippen molar-refractivity contribution in [2.45, 2.75) is 178 Å². The van der Waals surface area contributed by atoms with Crippen LogP contribution in [-0.2, 0) is 93.2 Å². The maximum atomic E-state index is 13.1. The first-order valence-corrected chi connectivity index (χ1v) is 49.7. The van der Waals surface area contributed by atoms with Crippen LogP contribution in [-0.4, -0.2) is 127 Å². The van der Waals surface area contributed by atoms with E-state index in [0.717, 1.165) is 190 Å². The molecule has 0 atom stereocenters. The van der Waals surface area contributed by atoms with Crippen molar-refractivity contribution in [3.8, 4) is 44.5 Å². The summed E-state index contributed by atoms with van der Waals surface area (Å²) in [7, 11) is -6.13. The molecule has 4 saturated heterocycles. The molecule has 622 valence electrons. The largest absolute Gasteiger partial charge is 0.371 e. The van der Waals surface area contributed by atoms with Crippen molar-refractivity contribution in [2.24, 2.45) is 49.9 Å². The number of sulfone groups is 4. The number of nitrogens with zero attached hydrogens (tertiary/aromatic N) is 8. The quantitative estimate of drug-likeness (QED) is 0.0983. The van der Waals surface area contributed by atoms with E-state index in [2.05, 4.69) is 19.6 Å². The fourth-order valence-corrected chi connectivity index (χ4v) is 25.3. The Morgan fingerprint density at radius 2 is 0.588 bits per heavy atom. The van der Waals surface area contributed by atoms with Crippen LogP contribution < -0.4 is 41.8 Å². The van der Waals surface area contributed by atoms with Gasteiger partial charge in [0.25, 0.3) is 22.2 Å². The minimum absolute atomic E-state index is 0.0169. The zero-order valence-corrected chi connectivity index (χ0v) is 72.3. The third-order valence-corrected chi connectivity index (χ3v) is 35.6. The fourth-order valence-electron chi connectivity index (χ4n) is 20.6. The van der Waals surface area contributed by atoms with Gasteiger partial charge in [0.15, 0.2) is 39.3 Å². The Balaban J connectivity index is 0.000000105. The van der Waals surface area contributed by atoms with Gasteiger partial charge in [0, 0.05) is 213 Å². The monoisotopic (exact) mass is 1680 g/mol. The number of aromatic nitrogens is 4. The summed E-state index contributed by atoms with van der Waals surface area (Å²) in [4.78, 5) is 61.5. The second-order valence-electron chi connectivity index (χ2n) is 37.3. The molecular weight excluding hydrogens is 1570 g/mol. The summed E-state index contributed by atoms with van der Waals surface area (Å²) in [6.07, 6.45) is 50.7. The predicted octanol–water partition coefficient (Wildman–Crippen LogP) is 14.3. The van der Waals surface area contributed by atoms with Crippen LogP contribution in [0.2, 0.25) is 0 Å². The molecule has 0 amide bonds. The molecule has 4 aromatic heterocycles. The van der Waals surface area contributed by atoms with Crippen LogP contribution in [0.3, 0.4) is 0 Å². The van der Waals surface area contributed by atoms with Crippen LogP contribution in [0.1, 0.15) is 167 Å². The van der Waals surface area contributed by atoms with Crippen molar-refractivity contribution in [1.29, 1.82) is 0 Å². The van der Waals surface area contributed by atoms with E-state index in [1.54, 1.807) is 82.9 Å². The van der Waals surface area contributed by atoms with E-state index in [-0.39, 0.29) is 32.7 Å². The third kappa shape index (κ3) is 14.7. The molecule has 10 aliphatic carbocycles. The van der Waals surface area contributed by atoms with Gasteiger partial charge in [0.2, 0.25) is 0 Å². The van der Waals surface area contributed by atoms with E-state index in [9.17, 15) is 52.8 Å². The van der Waals surface area contributed by atoms with Crippen LogP contribution in [0.15, 0.2) is 161 Å². The smallest absolute Gasteiger partial charge is 0.254 e. The maximum Gasteiger partial charge on any atom is 0.254 e. The third-order valence-electron chi connectivity index (χ3n) is 28.8. The second kappa shape index (κ2) is 29.2. The number of pyridine rings is 4. The van der Waals surface area contributed by atoms with Gasteiger partial charge < -0.3 is 37.9 Å². The molecule has 119 heavy (non-hydrogen) atoms. The van der Waals surface area contributed by atoms with E-state index in [4.69, 9.17) is 0 Å². The topological polar surface area (TPSA) is 238 Å². The lowest BCUT2D eigenvalue weighted by Gasteiger charge is -2.57. The highest BCUT2D eigenvalue weighted by Gasteiger charge is 2.51. The molecule has 8 heterocycles. The summed E-state index contributed by atoms with van der Waals surface area (Å²) in [5.41, 5.74) is 20.8. The first-order chi connectivity index (χ1) is 56.8. The summed E-state index contributed by atoms with van der Waals surface area (Å²) in [6, 6.07) is 22.3. The number of benzene rings is 4. The number of hydrogen-bond donors (Lipinski definition) is 0. The highest BCUT2D eigenvalue weighted by atomic mass is 32.2. The molecule has 4 aromatic carbocycles. The van der Waals surface area contributed by atoms with Gasteiger partial charge in [-0.1, -0.05) is 55.0 Å². The molecular formula is C95H106N8O12S4. The minimum atomic E-state index is -3.33. The average Bonchev–Trinajstić information content (AvgIpc) is 1.60. The molecule has 8 aromatic rings.